The third-order valence-corrected chi connectivity index (χ3v) is 3.99. The number of hydrogen-bond acceptors (Lipinski definition) is 1. The summed E-state index contributed by atoms with van der Waals surface area (Å²) < 4.78 is 1.04. The topological polar surface area (TPSA) is 53.1 Å². The Bertz CT molecular complexity index is 603. The first kappa shape index (κ1) is 10.8. The van der Waals surface area contributed by atoms with Gasteiger partial charge in [-0.1, -0.05) is 22.0 Å². The number of rotatable bonds is 1. The van der Waals surface area contributed by atoms with Gasteiger partial charge >= 0.3 is 5.97 Å². The molecule has 17 heavy (non-hydrogen) atoms. The highest BCUT2D eigenvalue weighted by Gasteiger charge is 2.26. The Morgan fingerprint density at radius 3 is 3.06 bits per heavy atom. The Hall–Kier alpha value is -1.29. The van der Waals surface area contributed by atoms with E-state index in [0.29, 0.717) is 6.42 Å². The Labute approximate surface area is 107 Å². The molecule has 2 N–H and O–H groups in total. The summed E-state index contributed by atoms with van der Waals surface area (Å²) >= 11 is 3.45. The SMILES string of the molecule is O=C(O)C1CCc2[nH]c3cc(Br)ccc3c2C1. The maximum atomic E-state index is 11.1. The molecule has 3 rings (SSSR count). The normalized spacial score (nSPS) is 19.2. The summed E-state index contributed by atoms with van der Waals surface area (Å²) in [4.78, 5) is 14.5. The van der Waals surface area contributed by atoms with Crippen LogP contribution in [0.2, 0.25) is 0 Å². The number of H-pyrrole nitrogens is 1. The van der Waals surface area contributed by atoms with Crippen LogP contribution in [0.3, 0.4) is 0 Å². The first-order valence-corrected chi connectivity index (χ1v) is 6.46. The minimum atomic E-state index is -0.679. The van der Waals surface area contributed by atoms with Gasteiger partial charge in [-0.15, -0.1) is 0 Å². The highest BCUT2D eigenvalue weighted by molar-refractivity contribution is 9.10. The van der Waals surface area contributed by atoms with Crippen LogP contribution in [0.25, 0.3) is 10.9 Å². The lowest BCUT2D eigenvalue weighted by Gasteiger charge is -2.18. The maximum absolute atomic E-state index is 11.1. The largest absolute Gasteiger partial charge is 0.481 e. The van der Waals surface area contributed by atoms with Crippen LogP contribution in [0.5, 0.6) is 0 Å². The number of carboxylic acids is 1. The van der Waals surface area contributed by atoms with Crippen LogP contribution in [-0.2, 0) is 17.6 Å². The highest BCUT2D eigenvalue weighted by atomic mass is 79.9. The molecular formula is C13H12BrNO2. The lowest BCUT2D eigenvalue weighted by molar-refractivity contribution is -0.142. The molecule has 0 fully saturated rings. The summed E-state index contributed by atoms with van der Waals surface area (Å²) in [5.41, 5.74) is 3.48. The van der Waals surface area contributed by atoms with Crippen LogP contribution in [0.4, 0.5) is 0 Å². The first-order valence-electron chi connectivity index (χ1n) is 5.67. The summed E-state index contributed by atoms with van der Waals surface area (Å²) in [7, 11) is 0. The molecule has 0 radical (unpaired) electrons. The van der Waals surface area contributed by atoms with Gasteiger partial charge in [0.2, 0.25) is 0 Å². The van der Waals surface area contributed by atoms with Gasteiger partial charge in [0.05, 0.1) is 5.92 Å². The molecule has 2 aromatic rings. The number of aromatic nitrogens is 1. The van der Waals surface area contributed by atoms with Gasteiger partial charge in [0, 0.05) is 21.1 Å². The lowest BCUT2D eigenvalue weighted by atomic mass is 9.86. The number of nitrogens with one attached hydrogen (secondary N) is 1. The number of hydrogen-bond donors (Lipinski definition) is 2. The molecule has 0 spiro atoms. The monoisotopic (exact) mass is 293 g/mol. The summed E-state index contributed by atoms with van der Waals surface area (Å²) in [6, 6.07) is 6.10. The average Bonchev–Trinajstić information content (AvgIpc) is 2.64. The fourth-order valence-corrected chi connectivity index (χ4v) is 2.97. The molecule has 88 valence electrons. The zero-order valence-electron chi connectivity index (χ0n) is 9.16. The van der Waals surface area contributed by atoms with Gasteiger partial charge in [-0.25, -0.2) is 0 Å². The predicted octanol–water partition coefficient (Wildman–Crippen LogP) is 3.12. The van der Waals surface area contributed by atoms with Crippen LogP contribution in [0, 0.1) is 5.92 Å². The van der Waals surface area contributed by atoms with Crippen molar-refractivity contribution in [1.82, 2.24) is 4.98 Å². The number of aliphatic carboxylic acids is 1. The Morgan fingerprint density at radius 1 is 1.47 bits per heavy atom. The third kappa shape index (κ3) is 1.76. The molecule has 3 nitrogen and oxygen atoms in total. The number of benzene rings is 1. The second kappa shape index (κ2) is 3.88. The van der Waals surface area contributed by atoms with E-state index in [-0.39, 0.29) is 5.92 Å². The molecule has 0 amide bonds. The lowest BCUT2D eigenvalue weighted by Crippen LogP contribution is -2.21. The van der Waals surface area contributed by atoms with Crippen molar-refractivity contribution in [1.29, 1.82) is 0 Å². The van der Waals surface area contributed by atoms with E-state index in [1.54, 1.807) is 0 Å². The number of carbonyl (C=O) groups is 1. The van der Waals surface area contributed by atoms with Crippen molar-refractivity contribution in [3.63, 3.8) is 0 Å². The molecule has 0 bridgehead atoms. The van der Waals surface area contributed by atoms with Gasteiger partial charge in [-0.2, -0.15) is 0 Å². The molecule has 0 aliphatic heterocycles. The number of halogens is 1. The Kier molecular flexibility index (Phi) is 2.47. The molecule has 1 unspecified atom stereocenters. The second-order valence-corrected chi connectivity index (χ2v) is 5.47. The highest BCUT2D eigenvalue weighted by Crippen LogP contribution is 2.32. The van der Waals surface area contributed by atoms with E-state index in [1.807, 2.05) is 12.1 Å². The zero-order chi connectivity index (χ0) is 12.0. The summed E-state index contributed by atoms with van der Waals surface area (Å²) in [5, 5.41) is 10.3. The quantitative estimate of drug-likeness (QED) is 0.849. The minimum absolute atomic E-state index is 0.231. The van der Waals surface area contributed by atoms with Crippen molar-refractivity contribution >= 4 is 32.8 Å². The molecule has 1 aliphatic carbocycles. The van der Waals surface area contributed by atoms with E-state index in [1.165, 1.54) is 11.3 Å². The van der Waals surface area contributed by atoms with E-state index in [2.05, 4.69) is 27.0 Å². The Morgan fingerprint density at radius 2 is 2.29 bits per heavy atom. The molecule has 0 saturated carbocycles. The molecule has 1 atom stereocenters. The predicted molar refractivity (Wildman–Crippen MR) is 69.1 cm³/mol. The molecule has 4 heteroatoms. The number of aryl methyl sites for hydroxylation is 1. The van der Waals surface area contributed by atoms with Crippen molar-refractivity contribution in [2.24, 2.45) is 5.92 Å². The van der Waals surface area contributed by atoms with Crippen molar-refractivity contribution in [3.05, 3.63) is 33.9 Å². The van der Waals surface area contributed by atoms with E-state index in [0.717, 1.165) is 28.2 Å². The van der Waals surface area contributed by atoms with Crippen LogP contribution in [-0.4, -0.2) is 16.1 Å². The van der Waals surface area contributed by atoms with Crippen molar-refractivity contribution < 1.29 is 9.90 Å². The van der Waals surface area contributed by atoms with Crippen LogP contribution < -0.4 is 0 Å². The van der Waals surface area contributed by atoms with Crippen molar-refractivity contribution in [2.45, 2.75) is 19.3 Å². The fourth-order valence-electron chi connectivity index (χ4n) is 2.61. The molecule has 0 saturated heterocycles. The molecule has 1 heterocycles. The summed E-state index contributed by atoms with van der Waals surface area (Å²) in [6.45, 7) is 0. The molecule has 1 aromatic heterocycles. The van der Waals surface area contributed by atoms with Gasteiger partial charge in [0.1, 0.15) is 0 Å². The number of aromatic amines is 1. The van der Waals surface area contributed by atoms with Gasteiger partial charge in [0.25, 0.3) is 0 Å². The number of fused-ring (bicyclic) bond motifs is 3. The van der Waals surface area contributed by atoms with Crippen LogP contribution >= 0.6 is 15.9 Å². The first-order chi connectivity index (χ1) is 8.15. The zero-order valence-corrected chi connectivity index (χ0v) is 10.8. The van der Waals surface area contributed by atoms with E-state index in [9.17, 15) is 4.79 Å². The maximum Gasteiger partial charge on any atom is 0.306 e. The molecular weight excluding hydrogens is 282 g/mol. The molecule has 1 aromatic carbocycles. The van der Waals surface area contributed by atoms with E-state index < -0.39 is 5.97 Å². The van der Waals surface area contributed by atoms with Crippen molar-refractivity contribution in [3.8, 4) is 0 Å². The van der Waals surface area contributed by atoms with E-state index >= 15 is 0 Å². The van der Waals surface area contributed by atoms with E-state index in [4.69, 9.17) is 5.11 Å². The van der Waals surface area contributed by atoms with Crippen LogP contribution in [0.15, 0.2) is 22.7 Å². The molecule has 1 aliphatic rings. The smallest absolute Gasteiger partial charge is 0.306 e. The Balaban J connectivity index is 2.12. The number of carboxylic acid groups (broad SMARTS) is 1. The summed E-state index contributed by atoms with van der Waals surface area (Å²) in [5.74, 6) is -0.910. The summed E-state index contributed by atoms with van der Waals surface area (Å²) in [6.07, 6.45) is 2.21. The van der Waals surface area contributed by atoms with Gasteiger partial charge in [0.15, 0.2) is 0 Å². The van der Waals surface area contributed by atoms with Gasteiger partial charge < -0.3 is 10.1 Å². The minimum Gasteiger partial charge on any atom is -0.481 e. The van der Waals surface area contributed by atoms with Crippen molar-refractivity contribution in [2.75, 3.05) is 0 Å². The average molecular weight is 294 g/mol. The second-order valence-electron chi connectivity index (χ2n) is 4.55. The standard InChI is InChI=1S/C13H12BrNO2/c14-8-2-3-9-10-5-7(13(16)17)1-4-11(10)15-12(9)6-8/h2-3,6-7,15H,1,4-5H2,(H,16,17). The van der Waals surface area contributed by atoms with Crippen LogP contribution in [0.1, 0.15) is 17.7 Å². The third-order valence-electron chi connectivity index (χ3n) is 3.50. The fraction of sp³-hybridized carbons (Fsp3) is 0.308. The van der Waals surface area contributed by atoms with Gasteiger partial charge in [-0.05, 0) is 37.0 Å². The van der Waals surface area contributed by atoms with Gasteiger partial charge in [-0.3, -0.25) is 4.79 Å².